The van der Waals surface area contributed by atoms with Crippen LogP contribution in [-0.4, -0.2) is 24.7 Å². The number of thiocarbonyl (C=S) groups is 1. The fourth-order valence-corrected chi connectivity index (χ4v) is 3.63. The topological polar surface area (TPSA) is 59.7 Å². The summed E-state index contributed by atoms with van der Waals surface area (Å²) in [4.78, 5) is 0. The van der Waals surface area contributed by atoms with Crippen molar-refractivity contribution in [3.8, 4) is 0 Å². The van der Waals surface area contributed by atoms with Gasteiger partial charge in [0.25, 0.3) is 0 Å². The summed E-state index contributed by atoms with van der Waals surface area (Å²) in [7, 11) is 0. The number of nitrogens with one attached hydrogen (secondary N) is 2. The Balaban J connectivity index is 1.34. The Bertz CT molecular complexity index is 1180. The molecule has 0 aliphatic heterocycles. The molecule has 2 N–H and O–H groups in total. The molecule has 0 radical (unpaired) electrons. The number of rotatable bonds is 6. The number of hydrogen-bond donors (Lipinski definition) is 2. The van der Waals surface area contributed by atoms with Crippen LogP contribution in [0.2, 0.25) is 0 Å². The lowest BCUT2D eigenvalue weighted by molar-refractivity contribution is 0.624. The second-order valence-corrected chi connectivity index (χ2v) is 8.40. The molecule has 4 aromatic rings. The molecule has 158 valence electrons. The maximum absolute atomic E-state index is 13.0. The molecule has 9 heteroatoms. The molecule has 0 saturated carbocycles. The average molecular weight is 499 g/mol. The molecule has 0 spiro atoms. The fourth-order valence-electron chi connectivity index (χ4n) is 3.00. The zero-order valence-corrected chi connectivity index (χ0v) is 19.1. The minimum Gasteiger partial charge on any atom is -0.330 e. The van der Waals surface area contributed by atoms with Crippen molar-refractivity contribution in [1.82, 2.24) is 19.6 Å². The number of nitrogens with zero attached hydrogens (tertiary/aromatic N) is 4. The fraction of sp³-hybridized carbons (Fsp3) is 0.136. The number of aromatic nitrogens is 4. The molecular weight excluding hydrogens is 479 g/mol. The van der Waals surface area contributed by atoms with Crippen LogP contribution in [-0.2, 0) is 13.1 Å². The Hall–Kier alpha value is -3.04. The zero-order valence-electron chi connectivity index (χ0n) is 16.7. The van der Waals surface area contributed by atoms with Gasteiger partial charge in [0.15, 0.2) is 10.9 Å². The van der Waals surface area contributed by atoms with Crippen LogP contribution in [0, 0.1) is 12.7 Å². The lowest BCUT2D eigenvalue weighted by Gasteiger charge is -2.07. The Labute approximate surface area is 193 Å². The first-order chi connectivity index (χ1) is 14.9. The van der Waals surface area contributed by atoms with E-state index in [1.807, 2.05) is 17.1 Å². The van der Waals surface area contributed by atoms with Gasteiger partial charge in [-0.15, -0.1) is 0 Å². The third-order valence-corrected chi connectivity index (χ3v) is 5.35. The Kier molecular flexibility index (Phi) is 6.43. The molecule has 2 aromatic carbocycles. The maximum Gasteiger partial charge on any atom is 0.176 e. The van der Waals surface area contributed by atoms with Crippen LogP contribution in [0.4, 0.5) is 15.9 Å². The van der Waals surface area contributed by atoms with Gasteiger partial charge >= 0.3 is 0 Å². The van der Waals surface area contributed by atoms with Crippen molar-refractivity contribution in [3.63, 3.8) is 0 Å². The standard InChI is InChI=1S/C22H20BrFN6S/c1-15-2-4-16(5-3-15)12-30-14-20(23)21(28-30)27-22(31)26-19-10-25-29(13-19)11-17-6-8-18(24)9-7-17/h2-10,13-14H,11-12H2,1H3,(H2,26,27,28,31). The van der Waals surface area contributed by atoms with Gasteiger partial charge in [-0.1, -0.05) is 42.0 Å². The van der Waals surface area contributed by atoms with E-state index < -0.39 is 0 Å². The molecular formula is C22H20BrFN6S. The minimum absolute atomic E-state index is 0.254. The van der Waals surface area contributed by atoms with Gasteiger partial charge in [0, 0.05) is 12.4 Å². The van der Waals surface area contributed by atoms with E-state index in [9.17, 15) is 4.39 Å². The van der Waals surface area contributed by atoms with Crippen molar-refractivity contribution in [2.24, 2.45) is 0 Å². The number of benzene rings is 2. The Morgan fingerprint density at radius 2 is 1.61 bits per heavy atom. The molecule has 0 unspecified atom stereocenters. The van der Waals surface area contributed by atoms with Gasteiger partial charge in [-0.05, 0) is 58.3 Å². The number of anilines is 2. The molecule has 0 bridgehead atoms. The van der Waals surface area contributed by atoms with Crippen LogP contribution in [0.25, 0.3) is 0 Å². The van der Waals surface area contributed by atoms with Crippen LogP contribution in [0.5, 0.6) is 0 Å². The summed E-state index contributed by atoms with van der Waals surface area (Å²) in [5, 5.41) is 15.5. The first-order valence-electron chi connectivity index (χ1n) is 9.58. The van der Waals surface area contributed by atoms with E-state index in [4.69, 9.17) is 12.2 Å². The Morgan fingerprint density at radius 1 is 0.968 bits per heavy atom. The second-order valence-electron chi connectivity index (χ2n) is 7.14. The highest BCUT2D eigenvalue weighted by Gasteiger charge is 2.10. The lowest BCUT2D eigenvalue weighted by atomic mass is 10.1. The summed E-state index contributed by atoms with van der Waals surface area (Å²) in [5.41, 5.74) is 4.10. The summed E-state index contributed by atoms with van der Waals surface area (Å²) in [6, 6.07) is 14.7. The van der Waals surface area contributed by atoms with Crippen molar-refractivity contribution in [2.45, 2.75) is 20.0 Å². The minimum atomic E-state index is -0.254. The largest absolute Gasteiger partial charge is 0.330 e. The highest BCUT2D eigenvalue weighted by molar-refractivity contribution is 9.10. The number of halogens is 2. The molecule has 6 nitrogen and oxygen atoms in total. The van der Waals surface area contributed by atoms with Gasteiger partial charge in [0.05, 0.1) is 29.4 Å². The quantitative estimate of drug-likeness (QED) is 0.358. The lowest BCUT2D eigenvalue weighted by Crippen LogP contribution is -2.19. The van der Waals surface area contributed by atoms with E-state index >= 15 is 0 Å². The molecule has 2 heterocycles. The van der Waals surface area contributed by atoms with Crippen molar-refractivity contribution in [2.75, 3.05) is 10.6 Å². The molecule has 0 aliphatic carbocycles. The molecule has 31 heavy (non-hydrogen) atoms. The molecule has 2 aromatic heterocycles. The van der Waals surface area contributed by atoms with Crippen molar-refractivity contribution < 1.29 is 4.39 Å². The molecule has 0 aliphatic rings. The average Bonchev–Trinajstić information content (AvgIpc) is 3.31. The summed E-state index contributed by atoms with van der Waals surface area (Å²) in [5.74, 6) is 0.374. The van der Waals surface area contributed by atoms with Crippen molar-refractivity contribution in [3.05, 3.63) is 94.1 Å². The SMILES string of the molecule is Cc1ccc(Cn2cc(Br)c(NC(=S)Nc3cnn(Cc4ccc(F)cc4)c3)n2)cc1. The monoisotopic (exact) mass is 498 g/mol. The molecule has 4 rings (SSSR count). The molecule has 0 fully saturated rings. The van der Waals surface area contributed by atoms with Crippen LogP contribution in [0.1, 0.15) is 16.7 Å². The van der Waals surface area contributed by atoms with Gasteiger partial charge in [-0.25, -0.2) is 4.39 Å². The maximum atomic E-state index is 13.0. The van der Waals surface area contributed by atoms with Gasteiger partial charge in [0.2, 0.25) is 0 Å². The smallest absolute Gasteiger partial charge is 0.176 e. The summed E-state index contributed by atoms with van der Waals surface area (Å²) in [6.45, 7) is 3.27. The van der Waals surface area contributed by atoms with E-state index in [2.05, 4.69) is 68.0 Å². The third-order valence-electron chi connectivity index (χ3n) is 4.56. The first-order valence-corrected chi connectivity index (χ1v) is 10.8. The Morgan fingerprint density at radius 3 is 2.32 bits per heavy atom. The van der Waals surface area contributed by atoms with Gasteiger partial charge in [-0.3, -0.25) is 9.36 Å². The van der Waals surface area contributed by atoms with Gasteiger partial charge in [0.1, 0.15) is 5.82 Å². The molecule has 0 atom stereocenters. The second kappa shape index (κ2) is 9.40. The van der Waals surface area contributed by atoms with E-state index in [1.54, 1.807) is 23.0 Å². The molecule has 0 amide bonds. The summed E-state index contributed by atoms with van der Waals surface area (Å²) in [6.07, 6.45) is 5.43. The zero-order chi connectivity index (χ0) is 21.8. The summed E-state index contributed by atoms with van der Waals surface area (Å²) >= 11 is 8.94. The van der Waals surface area contributed by atoms with E-state index in [0.29, 0.717) is 24.0 Å². The van der Waals surface area contributed by atoms with Crippen LogP contribution in [0.3, 0.4) is 0 Å². The number of aryl methyl sites for hydroxylation is 1. The predicted octanol–water partition coefficient (Wildman–Crippen LogP) is 5.20. The highest BCUT2D eigenvalue weighted by Crippen LogP contribution is 2.21. The van der Waals surface area contributed by atoms with E-state index in [0.717, 1.165) is 15.7 Å². The first kappa shape index (κ1) is 21.2. The van der Waals surface area contributed by atoms with Crippen LogP contribution < -0.4 is 10.6 Å². The highest BCUT2D eigenvalue weighted by atomic mass is 79.9. The van der Waals surface area contributed by atoms with Crippen LogP contribution >= 0.6 is 28.1 Å². The van der Waals surface area contributed by atoms with Crippen molar-refractivity contribution >= 4 is 44.8 Å². The van der Waals surface area contributed by atoms with Gasteiger partial charge < -0.3 is 10.6 Å². The summed E-state index contributed by atoms with van der Waals surface area (Å²) < 4.78 is 17.5. The third kappa shape index (κ3) is 5.77. The van der Waals surface area contributed by atoms with Crippen LogP contribution in [0.15, 0.2) is 71.6 Å². The molecule has 0 saturated heterocycles. The van der Waals surface area contributed by atoms with Gasteiger partial charge in [-0.2, -0.15) is 10.2 Å². The predicted molar refractivity (Wildman–Crippen MR) is 128 cm³/mol. The number of hydrogen-bond acceptors (Lipinski definition) is 3. The normalized spacial score (nSPS) is 10.8. The van der Waals surface area contributed by atoms with E-state index in [1.165, 1.54) is 23.3 Å². The van der Waals surface area contributed by atoms with Crippen molar-refractivity contribution in [1.29, 1.82) is 0 Å². The van der Waals surface area contributed by atoms with E-state index in [-0.39, 0.29) is 5.82 Å².